The van der Waals surface area contributed by atoms with E-state index in [1.807, 2.05) is 0 Å². The van der Waals surface area contributed by atoms with E-state index in [1.165, 1.54) is 53.4 Å². The summed E-state index contributed by atoms with van der Waals surface area (Å²) in [6.45, 7) is 0. The fraction of sp³-hybridized carbons (Fsp3) is 0.0476. The molecule has 1 aromatic heterocycles. The Hall–Kier alpha value is -3.88. The maximum Gasteiger partial charge on any atom is 0.573 e. The Kier molecular flexibility index (Phi) is 4.65. The van der Waals surface area contributed by atoms with Gasteiger partial charge in [0.25, 0.3) is 0 Å². The number of benzene rings is 3. The van der Waals surface area contributed by atoms with Crippen molar-refractivity contribution in [1.29, 1.82) is 0 Å². The molecule has 0 aliphatic rings. The van der Waals surface area contributed by atoms with Crippen LogP contribution < -0.4 is 4.74 Å². The molecule has 1 heterocycles. The van der Waals surface area contributed by atoms with Gasteiger partial charge in [-0.2, -0.15) is 0 Å². The van der Waals surface area contributed by atoms with Gasteiger partial charge in [-0.15, -0.1) is 13.2 Å². The summed E-state index contributed by atoms with van der Waals surface area (Å²) in [4.78, 5) is 15.4. The number of aromatic carboxylic acids is 1. The number of aromatic nitrogens is 2. The molecule has 0 amide bonds. The lowest BCUT2D eigenvalue weighted by atomic mass is 10.0. The van der Waals surface area contributed by atoms with E-state index in [2.05, 4.69) is 9.72 Å². The minimum atomic E-state index is -4.82. The van der Waals surface area contributed by atoms with Crippen LogP contribution in [-0.4, -0.2) is 27.0 Å². The first-order valence-corrected chi connectivity index (χ1v) is 8.58. The first kappa shape index (κ1) is 19.4. The van der Waals surface area contributed by atoms with Gasteiger partial charge in [0.1, 0.15) is 12.1 Å². The lowest BCUT2D eigenvalue weighted by Gasteiger charge is -2.12. The Labute approximate surface area is 166 Å². The number of fused-ring (bicyclic) bond motifs is 1. The van der Waals surface area contributed by atoms with Gasteiger partial charge in [0, 0.05) is 5.56 Å². The lowest BCUT2D eigenvalue weighted by Crippen LogP contribution is -2.16. The van der Waals surface area contributed by atoms with Gasteiger partial charge in [0.15, 0.2) is 5.82 Å². The number of nitrogens with zero attached hydrogens (tertiary/aromatic N) is 2. The predicted octanol–water partition coefficient (Wildman–Crippen LogP) is 5.43. The van der Waals surface area contributed by atoms with Crippen LogP contribution in [0.25, 0.3) is 27.8 Å². The van der Waals surface area contributed by atoms with E-state index in [0.29, 0.717) is 16.6 Å². The van der Waals surface area contributed by atoms with E-state index >= 15 is 4.39 Å². The van der Waals surface area contributed by atoms with Gasteiger partial charge in [-0.25, -0.2) is 14.2 Å². The summed E-state index contributed by atoms with van der Waals surface area (Å²) in [5.74, 6) is -2.17. The van der Waals surface area contributed by atoms with Crippen molar-refractivity contribution in [3.8, 4) is 22.6 Å². The monoisotopic (exact) mass is 416 g/mol. The molecule has 0 saturated heterocycles. The fourth-order valence-corrected chi connectivity index (χ4v) is 3.10. The van der Waals surface area contributed by atoms with Crippen molar-refractivity contribution in [2.24, 2.45) is 0 Å². The number of carboxylic acid groups (broad SMARTS) is 1. The molecule has 0 spiro atoms. The molecule has 5 nitrogen and oxygen atoms in total. The number of carbonyl (C=O) groups is 1. The molecule has 0 fully saturated rings. The van der Waals surface area contributed by atoms with E-state index in [4.69, 9.17) is 0 Å². The van der Waals surface area contributed by atoms with Crippen molar-refractivity contribution in [3.05, 3.63) is 78.4 Å². The summed E-state index contributed by atoms with van der Waals surface area (Å²) in [5, 5.41) is 9.20. The average Bonchev–Trinajstić information content (AvgIpc) is 3.11. The van der Waals surface area contributed by atoms with Crippen LogP contribution in [0.2, 0.25) is 0 Å². The molecule has 1 N–H and O–H groups in total. The third kappa shape index (κ3) is 3.69. The maximum absolute atomic E-state index is 15.3. The smallest absolute Gasteiger partial charge is 0.478 e. The summed E-state index contributed by atoms with van der Waals surface area (Å²) in [7, 11) is 0. The summed E-state index contributed by atoms with van der Waals surface area (Å²) < 4.78 is 57.5. The van der Waals surface area contributed by atoms with E-state index in [1.54, 1.807) is 6.07 Å². The highest BCUT2D eigenvalue weighted by Gasteiger charge is 2.31. The molecule has 0 atom stereocenters. The first-order chi connectivity index (χ1) is 14.2. The number of ether oxygens (including phenoxy) is 1. The second kappa shape index (κ2) is 7.18. The van der Waals surface area contributed by atoms with E-state index in [9.17, 15) is 23.1 Å². The molecule has 0 saturated carbocycles. The molecule has 4 aromatic rings. The van der Waals surface area contributed by atoms with Crippen LogP contribution in [0.15, 0.2) is 67.0 Å². The zero-order valence-electron chi connectivity index (χ0n) is 15.0. The summed E-state index contributed by atoms with van der Waals surface area (Å²) in [6.07, 6.45) is -3.44. The molecule has 0 unspecified atom stereocenters. The van der Waals surface area contributed by atoms with E-state index in [0.717, 1.165) is 12.1 Å². The topological polar surface area (TPSA) is 64.3 Å². The third-order valence-corrected chi connectivity index (χ3v) is 4.43. The van der Waals surface area contributed by atoms with Crippen LogP contribution in [0.1, 0.15) is 10.4 Å². The normalized spacial score (nSPS) is 11.6. The molecule has 0 aliphatic carbocycles. The Morgan fingerprint density at radius 1 is 1.03 bits per heavy atom. The molecule has 3 aromatic carbocycles. The zero-order chi connectivity index (χ0) is 21.5. The minimum Gasteiger partial charge on any atom is -0.478 e. The van der Waals surface area contributed by atoms with Gasteiger partial charge in [-0.05, 0) is 42.0 Å². The van der Waals surface area contributed by atoms with Crippen molar-refractivity contribution in [2.45, 2.75) is 6.36 Å². The molecule has 9 heteroatoms. The third-order valence-electron chi connectivity index (χ3n) is 4.43. The summed E-state index contributed by atoms with van der Waals surface area (Å²) in [6, 6.07) is 13.7. The standard InChI is InChI=1S/C21H12F4N2O3/c22-19-15(12-4-7-14(8-5-12)30-21(23,24)25)2-1-3-17(19)27-11-26-16-9-6-13(20(28)29)10-18(16)27/h1-11H,(H,28,29). The average molecular weight is 416 g/mol. The first-order valence-electron chi connectivity index (χ1n) is 8.58. The number of hydrogen-bond acceptors (Lipinski definition) is 3. The number of hydrogen-bond donors (Lipinski definition) is 1. The Morgan fingerprint density at radius 2 is 1.77 bits per heavy atom. The Morgan fingerprint density at radius 3 is 2.43 bits per heavy atom. The number of rotatable bonds is 4. The molecule has 4 rings (SSSR count). The molecule has 30 heavy (non-hydrogen) atoms. The predicted molar refractivity (Wildman–Crippen MR) is 100 cm³/mol. The van der Waals surface area contributed by atoms with Crippen LogP contribution in [0, 0.1) is 5.82 Å². The second-order valence-electron chi connectivity index (χ2n) is 6.33. The molecular weight excluding hydrogens is 404 g/mol. The fourth-order valence-electron chi connectivity index (χ4n) is 3.10. The molecule has 0 radical (unpaired) electrons. The van der Waals surface area contributed by atoms with Gasteiger partial charge in [0.2, 0.25) is 0 Å². The van der Waals surface area contributed by atoms with E-state index in [-0.39, 0.29) is 16.8 Å². The van der Waals surface area contributed by atoms with Gasteiger partial charge < -0.3 is 9.84 Å². The maximum atomic E-state index is 15.3. The Bertz CT molecular complexity index is 1250. The SMILES string of the molecule is O=C(O)c1ccc2ncn(-c3cccc(-c4ccc(OC(F)(F)F)cc4)c3F)c2c1. The minimum absolute atomic E-state index is 0.0288. The lowest BCUT2D eigenvalue weighted by molar-refractivity contribution is -0.274. The Balaban J connectivity index is 1.76. The highest BCUT2D eigenvalue weighted by molar-refractivity contribution is 5.92. The summed E-state index contributed by atoms with van der Waals surface area (Å²) in [5.41, 5.74) is 1.54. The zero-order valence-corrected chi connectivity index (χ0v) is 15.0. The number of alkyl halides is 3. The van der Waals surface area contributed by atoms with Gasteiger partial charge >= 0.3 is 12.3 Å². The van der Waals surface area contributed by atoms with Crippen molar-refractivity contribution < 1.29 is 32.2 Å². The van der Waals surface area contributed by atoms with Crippen molar-refractivity contribution in [1.82, 2.24) is 9.55 Å². The van der Waals surface area contributed by atoms with Crippen molar-refractivity contribution in [2.75, 3.05) is 0 Å². The highest BCUT2D eigenvalue weighted by atomic mass is 19.4. The largest absolute Gasteiger partial charge is 0.573 e. The van der Waals surface area contributed by atoms with Crippen molar-refractivity contribution in [3.63, 3.8) is 0 Å². The van der Waals surface area contributed by atoms with Crippen molar-refractivity contribution >= 4 is 17.0 Å². The number of imidazole rings is 1. The molecule has 152 valence electrons. The molecule has 0 aliphatic heterocycles. The number of carboxylic acids is 1. The van der Waals surface area contributed by atoms with E-state index < -0.39 is 23.9 Å². The van der Waals surface area contributed by atoms with Gasteiger partial charge in [-0.1, -0.05) is 24.3 Å². The second-order valence-corrected chi connectivity index (χ2v) is 6.33. The highest BCUT2D eigenvalue weighted by Crippen LogP contribution is 2.31. The van der Waals surface area contributed by atoms with Gasteiger partial charge in [-0.3, -0.25) is 4.57 Å². The van der Waals surface area contributed by atoms with Gasteiger partial charge in [0.05, 0.1) is 22.3 Å². The van der Waals surface area contributed by atoms with Crippen LogP contribution in [0.4, 0.5) is 17.6 Å². The summed E-state index contributed by atoms with van der Waals surface area (Å²) >= 11 is 0. The molecular formula is C21H12F4N2O3. The van der Waals surface area contributed by atoms with Crippen LogP contribution in [0.5, 0.6) is 5.75 Å². The number of halogens is 4. The quantitative estimate of drug-likeness (QED) is 0.451. The molecule has 0 bridgehead atoms. The van der Waals surface area contributed by atoms with Crippen LogP contribution >= 0.6 is 0 Å². The van der Waals surface area contributed by atoms with Crippen LogP contribution in [-0.2, 0) is 0 Å². The van der Waals surface area contributed by atoms with Crippen LogP contribution in [0.3, 0.4) is 0 Å².